The molecule has 0 spiro atoms. The number of carbonyl (C=O) groups excluding carboxylic acids is 3. The van der Waals surface area contributed by atoms with E-state index in [0.717, 1.165) is 17.1 Å². The lowest BCUT2D eigenvalue weighted by Crippen LogP contribution is -2.44. The van der Waals surface area contributed by atoms with Gasteiger partial charge in [0.15, 0.2) is 5.25 Å². The molecule has 1 aliphatic rings. The first-order valence-corrected chi connectivity index (χ1v) is 12.5. The largest absolute Gasteiger partial charge is 0.481 e. The first-order valence-electron chi connectivity index (χ1n) is 8.63. The molecular formula is C16H24N2O8S3. The van der Waals surface area contributed by atoms with Gasteiger partial charge in [-0.2, -0.15) is 8.42 Å². The molecule has 3 N–H and O–H groups in total. The molecule has 0 aromatic heterocycles. The fourth-order valence-electron chi connectivity index (χ4n) is 2.28. The van der Waals surface area contributed by atoms with Crippen molar-refractivity contribution in [1.82, 2.24) is 10.2 Å². The lowest BCUT2D eigenvalue weighted by Gasteiger charge is -2.22. The number of hydrogen-bond acceptors (Lipinski definition) is 8. The van der Waals surface area contributed by atoms with E-state index >= 15 is 0 Å². The van der Waals surface area contributed by atoms with E-state index in [0.29, 0.717) is 6.42 Å². The fourth-order valence-corrected chi connectivity index (χ4v) is 5.86. The van der Waals surface area contributed by atoms with Gasteiger partial charge in [-0.3, -0.25) is 28.6 Å². The number of imide groups is 1. The van der Waals surface area contributed by atoms with Gasteiger partial charge in [0.1, 0.15) is 0 Å². The molecule has 0 radical (unpaired) electrons. The monoisotopic (exact) mass is 468 g/mol. The second kappa shape index (κ2) is 11.0. The summed E-state index contributed by atoms with van der Waals surface area (Å²) in [4.78, 5) is 46.6. The first-order chi connectivity index (χ1) is 13.3. The highest BCUT2D eigenvalue weighted by molar-refractivity contribution is 8.77. The highest BCUT2D eigenvalue weighted by Crippen LogP contribution is 2.39. The Kier molecular flexibility index (Phi) is 9.65. The van der Waals surface area contributed by atoms with Crippen LogP contribution in [0.2, 0.25) is 0 Å². The Bertz CT molecular complexity index is 761. The summed E-state index contributed by atoms with van der Waals surface area (Å²) >= 11 is 0. The standard InChI is InChI=1S/C16H24N2O8S3/c1-16(2,7-5-14(21)22)28-27-10-6-11(29(24,25)26)15(23)17-8-9-18-12(19)3-4-13(18)20/h3-4,11H,5-10H2,1-2H3,(H,17,23)(H,21,22)(H,24,25,26). The van der Waals surface area contributed by atoms with Gasteiger partial charge in [-0.05, 0) is 26.7 Å². The average molecular weight is 469 g/mol. The minimum atomic E-state index is -4.64. The van der Waals surface area contributed by atoms with E-state index in [1.807, 2.05) is 13.8 Å². The molecule has 29 heavy (non-hydrogen) atoms. The Hall–Kier alpha value is -1.57. The molecule has 3 amide bonds. The van der Waals surface area contributed by atoms with E-state index in [1.165, 1.54) is 21.6 Å². The molecule has 0 aliphatic carbocycles. The Labute approximate surface area is 177 Å². The second-order valence-electron chi connectivity index (χ2n) is 6.80. The lowest BCUT2D eigenvalue weighted by atomic mass is 10.1. The van der Waals surface area contributed by atoms with Crippen LogP contribution in [0.1, 0.15) is 33.1 Å². The van der Waals surface area contributed by atoms with Crippen molar-refractivity contribution in [3.8, 4) is 0 Å². The summed E-state index contributed by atoms with van der Waals surface area (Å²) in [5.74, 6) is -2.63. The minimum absolute atomic E-state index is 0.00809. The zero-order valence-electron chi connectivity index (χ0n) is 16.0. The van der Waals surface area contributed by atoms with Gasteiger partial charge in [0.05, 0.1) is 0 Å². The van der Waals surface area contributed by atoms with Gasteiger partial charge in [-0.15, -0.1) is 0 Å². The SMILES string of the molecule is CC(C)(CCC(=O)O)SSCCC(C(=O)NCCN1C(=O)C=CC1=O)S(=O)(=O)O. The van der Waals surface area contributed by atoms with Crippen LogP contribution in [0.15, 0.2) is 12.2 Å². The normalized spacial score (nSPS) is 15.6. The molecule has 10 nitrogen and oxygen atoms in total. The van der Waals surface area contributed by atoms with Crippen molar-refractivity contribution in [2.45, 2.75) is 43.1 Å². The number of aliphatic carboxylic acids is 1. The average Bonchev–Trinajstić information content (AvgIpc) is 2.90. The minimum Gasteiger partial charge on any atom is -0.481 e. The maximum Gasteiger partial charge on any atom is 0.303 e. The number of carbonyl (C=O) groups is 4. The molecule has 1 rings (SSSR count). The topological polar surface area (TPSA) is 158 Å². The fraction of sp³-hybridized carbons (Fsp3) is 0.625. The predicted molar refractivity (Wildman–Crippen MR) is 110 cm³/mol. The molecule has 0 aromatic carbocycles. The van der Waals surface area contributed by atoms with Crippen molar-refractivity contribution >= 4 is 55.4 Å². The Balaban J connectivity index is 2.47. The Morgan fingerprint density at radius 1 is 1.24 bits per heavy atom. The predicted octanol–water partition coefficient (Wildman–Crippen LogP) is 0.699. The molecule has 0 fully saturated rings. The number of hydrogen-bond donors (Lipinski definition) is 3. The highest BCUT2D eigenvalue weighted by Gasteiger charge is 2.31. The second-order valence-corrected chi connectivity index (χ2v) is 11.5. The van der Waals surface area contributed by atoms with Crippen LogP contribution < -0.4 is 5.32 Å². The van der Waals surface area contributed by atoms with E-state index in [-0.39, 0.29) is 36.4 Å². The number of amides is 3. The third kappa shape index (κ3) is 9.19. The van der Waals surface area contributed by atoms with E-state index < -0.39 is 39.1 Å². The molecule has 1 aliphatic heterocycles. The molecule has 1 heterocycles. The number of carboxylic acid groups (broad SMARTS) is 1. The molecule has 0 aromatic rings. The summed E-state index contributed by atoms with van der Waals surface area (Å²) in [5.41, 5.74) is 0. The quantitative estimate of drug-likeness (QED) is 0.152. The van der Waals surface area contributed by atoms with Crippen molar-refractivity contribution in [3.05, 3.63) is 12.2 Å². The van der Waals surface area contributed by atoms with Gasteiger partial charge >= 0.3 is 5.97 Å². The Morgan fingerprint density at radius 2 is 1.83 bits per heavy atom. The number of rotatable bonds is 13. The highest BCUT2D eigenvalue weighted by atomic mass is 33.1. The van der Waals surface area contributed by atoms with E-state index in [2.05, 4.69) is 5.32 Å². The zero-order chi connectivity index (χ0) is 22.2. The summed E-state index contributed by atoms with van der Waals surface area (Å²) in [5, 5.41) is 9.38. The van der Waals surface area contributed by atoms with Gasteiger partial charge in [0.2, 0.25) is 5.91 Å². The van der Waals surface area contributed by atoms with Crippen LogP contribution in [0.25, 0.3) is 0 Å². The summed E-state index contributed by atoms with van der Waals surface area (Å²) < 4.78 is 32.1. The lowest BCUT2D eigenvalue weighted by molar-refractivity contribution is -0.138. The molecule has 1 atom stereocenters. The molecule has 13 heteroatoms. The molecule has 164 valence electrons. The van der Waals surface area contributed by atoms with Crippen molar-refractivity contribution in [3.63, 3.8) is 0 Å². The Morgan fingerprint density at radius 3 is 2.34 bits per heavy atom. The van der Waals surface area contributed by atoms with Gasteiger partial charge < -0.3 is 10.4 Å². The summed E-state index contributed by atoms with van der Waals surface area (Å²) in [6, 6.07) is 0. The van der Waals surface area contributed by atoms with Crippen molar-refractivity contribution in [2.75, 3.05) is 18.8 Å². The van der Waals surface area contributed by atoms with Crippen molar-refractivity contribution < 1.29 is 37.3 Å². The van der Waals surface area contributed by atoms with Crippen LogP contribution >= 0.6 is 21.6 Å². The van der Waals surface area contributed by atoms with Gasteiger partial charge in [-0.1, -0.05) is 21.6 Å². The van der Waals surface area contributed by atoms with Crippen LogP contribution in [0.5, 0.6) is 0 Å². The number of nitrogens with one attached hydrogen (secondary N) is 1. The van der Waals surface area contributed by atoms with E-state index in [9.17, 15) is 32.1 Å². The molecule has 0 bridgehead atoms. The third-order valence-corrected chi connectivity index (χ3v) is 8.43. The van der Waals surface area contributed by atoms with Crippen LogP contribution in [0.4, 0.5) is 0 Å². The third-order valence-electron chi connectivity index (χ3n) is 3.88. The molecule has 0 saturated heterocycles. The smallest absolute Gasteiger partial charge is 0.303 e. The van der Waals surface area contributed by atoms with Crippen molar-refractivity contribution in [1.29, 1.82) is 0 Å². The van der Waals surface area contributed by atoms with Crippen LogP contribution in [0, 0.1) is 0 Å². The van der Waals surface area contributed by atoms with Crippen LogP contribution in [-0.4, -0.2) is 75.5 Å². The summed E-state index contributed by atoms with van der Waals surface area (Å²) in [6.45, 7) is 3.46. The zero-order valence-corrected chi connectivity index (χ0v) is 18.4. The van der Waals surface area contributed by atoms with E-state index in [4.69, 9.17) is 5.11 Å². The molecule has 1 unspecified atom stereocenters. The van der Waals surface area contributed by atoms with Crippen LogP contribution in [-0.2, 0) is 29.3 Å². The maximum atomic E-state index is 12.2. The van der Waals surface area contributed by atoms with Gasteiger partial charge in [0, 0.05) is 42.2 Å². The maximum absolute atomic E-state index is 12.2. The van der Waals surface area contributed by atoms with E-state index in [1.54, 1.807) is 0 Å². The van der Waals surface area contributed by atoms with Gasteiger partial charge in [0.25, 0.3) is 21.9 Å². The first kappa shape index (κ1) is 25.5. The summed E-state index contributed by atoms with van der Waals surface area (Å²) in [7, 11) is -1.99. The number of carboxylic acids is 1. The van der Waals surface area contributed by atoms with Crippen molar-refractivity contribution in [2.24, 2.45) is 0 Å². The summed E-state index contributed by atoms with van der Waals surface area (Å²) in [6.07, 6.45) is 2.47. The van der Waals surface area contributed by atoms with Gasteiger partial charge in [-0.25, -0.2) is 0 Å². The number of nitrogens with zero attached hydrogens (tertiary/aromatic N) is 1. The molecular weight excluding hydrogens is 444 g/mol. The molecule has 0 saturated carbocycles. The van der Waals surface area contributed by atoms with Crippen LogP contribution in [0.3, 0.4) is 0 Å².